The Balaban J connectivity index is 2.32. The second-order valence-corrected chi connectivity index (χ2v) is 5.09. The van der Waals surface area contributed by atoms with Crippen LogP contribution in [0.1, 0.15) is 31.9 Å². The van der Waals surface area contributed by atoms with Gasteiger partial charge in [0.05, 0.1) is 18.7 Å². The Morgan fingerprint density at radius 1 is 1.40 bits per heavy atom. The van der Waals surface area contributed by atoms with Gasteiger partial charge < -0.3 is 20.2 Å². The van der Waals surface area contributed by atoms with E-state index >= 15 is 0 Å². The molecule has 7 nitrogen and oxygen atoms in total. The number of oxazole rings is 1. The minimum Gasteiger partial charge on any atom is -0.481 e. The van der Waals surface area contributed by atoms with Gasteiger partial charge in [-0.1, -0.05) is 13.8 Å². The summed E-state index contributed by atoms with van der Waals surface area (Å²) in [6.45, 7) is 5.92. The average Bonchev–Trinajstić information content (AvgIpc) is 2.77. The molecule has 0 aliphatic carbocycles. The number of hydrogen-bond acceptors (Lipinski definition) is 4. The highest BCUT2D eigenvalue weighted by Gasteiger charge is 2.19. The maximum atomic E-state index is 11.6. The molecule has 2 amide bonds. The molecule has 1 heterocycles. The molecule has 0 aliphatic rings. The molecule has 0 saturated heterocycles. The van der Waals surface area contributed by atoms with Crippen LogP contribution >= 0.6 is 0 Å². The molecular weight excluding hydrogens is 262 g/mol. The van der Waals surface area contributed by atoms with Crippen molar-refractivity contribution in [3.05, 3.63) is 17.8 Å². The third-order valence-corrected chi connectivity index (χ3v) is 2.68. The number of rotatable bonds is 7. The number of urea groups is 1. The van der Waals surface area contributed by atoms with Gasteiger partial charge in [-0.15, -0.1) is 0 Å². The van der Waals surface area contributed by atoms with Crippen LogP contribution in [0.4, 0.5) is 4.79 Å². The zero-order chi connectivity index (χ0) is 15.1. The fourth-order valence-corrected chi connectivity index (χ4v) is 1.76. The van der Waals surface area contributed by atoms with Gasteiger partial charge in [-0.05, 0) is 19.3 Å². The van der Waals surface area contributed by atoms with Gasteiger partial charge >= 0.3 is 12.0 Å². The van der Waals surface area contributed by atoms with Gasteiger partial charge in [0, 0.05) is 6.54 Å². The molecule has 1 aromatic heterocycles. The summed E-state index contributed by atoms with van der Waals surface area (Å²) in [6.07, 6.45) is 2.09. The monoisotopic (exact) mass is 283 g/mol. The minimum absolute atomic E-state index is 0.101. The normalized spacial score (nSPS) is 12.2. The van der Waals surface area contributed by atoms with Crippen LogP contribution < -0.4 is 10.6 Å². The van der Waals surface area contributed by atoms with Crippen molar-refractivity contribution in [2.45, 2.75) is 33.7 Å². The molecule has 0 saturated carbocycles. The zero-order valence-electron chi connectivity index (χ0n) is 12.0. The number of nitrogens with one attached hydrogen (secondary N) is 2. The van der Waals surface area contributed by atoms with E-state index in [1.54, 1.807) is 13.1 Å². The van der Waals surface area contributed by atoms with E-state index in [0.29, 0.717) is 18.1 Å². The SMILES string of the molecule is Cc1cnc(CNC(=O)NCC(CC(C)C)C(=O)O)o1. The number of carboxylic acids is 1. The predicted molar refractivity (Wildman–Crippen MR) is 72.1 cm³/mol. The number of aliphatic carboxylic acids is 1. The number of nitrogens with zero attached hydrogens (tertiary/aromatic N) is 1. The Hall–Kier alpha value is -2.05. The maximum Gasteiger partial charge on any atom is 0.315 e. The first kappa shape index (κ1) is 16.0. The van der Waals surface area contributed by atoms with Crippen LogP contribution in [0, 0.1) is 18.8 Å². The number of carbonyl (C=O) groups is 2. The lowest BCUT2D eigenvalue weighted by Gasteiger charge is -2.15. The molecule has 1 atom stereocenters. The van der Waals surface area contributed by atoms with Crippen molar-refractivity contribution in [1.82, 2.24) is 15.6 Å². The van der Waals surface area contributed by atoms with Gasteiger partial charge in [-0.2, -0.15) is 0 Å². The highest BCUT2D eigenvalue weighted by Crippen LogP contribution is 2.11. The lowest BCUT2D eigenvalue weighted by atomic mass is 9.97. The quantitative estimate of drug-likeness (QED) is 0.704. The number of hydrogen-bond donors (Lipinski definition) is 3. The summed E-state index contributed by atoms with van der Waals surface area (Å²) < 4.78 is 5.20. The Labute approximate surface area is 117 Å². The first-order chi connectivity index (χ1) is 9.38. The number of amides is 2. The molecule has 1 aromatic rings. The molecule has 0 aromatic carbocycles. The van der Waals surface area contributed by atoms with E-state index in [1.807, 2.05) is 13.8 Å². The van der Waals surface area contributed by atoms with Crippen LogP contribution in [0.15, 0.2) is 10.6 Å². The molecule has 112 valence electrons. The molecule has 0 spiro atoms. The number of carbonyl (C=O) groups excluding carboxylic acids is 1. The molecule has 20 heavy (non-hydrogen) atoms. The van der Waals surface area contributed by atoms with Crippen LogP contribution in [-0.4, -0.2) is 28.6 Å². The van der Waals surface area contributed by atoms with E-state index in [2.05, 4.69) is 15.6 Å². The van der Waals surface area contributed by atoms with Crippen molar-refractivity contribution in [2.75, 3.05) is 6.54 Å². The van der Waals surface area contributed by atoms with Crippen molar-refractivity contribution in [2.24, 2.45) is 11.8 Å². The van der Waals surface area contributed by atoms with E-state index < -0.39 is 17.9 Å². The summed E-state index contributed by atoms with van der Waals surface area (Å²) in [6, 6.07) is -0.434. The molecule has 1 rings (SSSR count). The summed E-state index contributed by atoms with van der Waals surface area (Å²) in [5.74, 6) is -0.136. The Bertz CT molecular complexity index is 456. The van der Waals surface area contributed by atoms with Crippen LogP contribution in [0.2, 0.25) is 0 Å². The summed E-state index contributed by atoms with van der Waals surface area (Å²) >= 11 is 0. The lowest BCUT2D eigenvalue weighted by molar-refractivity contribution is -0.142. The van der Waals surface area contributed by atoms with E-state index in [4.69, 9.17) is 9.52 Å². The molecule has 1 unspecified atom stereocenters. The number of carboxylic acid groups (broad SMARTS) is 1. The van der Waals surface area contributed by atoms with Gasteiger partial charge in [0.2, 0.25) is 5.89 Å². The van der Waals surface area contributed by atoms with E-state index in [9.17, 15) is 9.59 Å². The molecule has 0 fully saturated rings. The number of aryl methyl sites for hydroxylation is 1. The predicted octanol–water partition coefficient (Wildman–Crippen LogP) is 1.53. The topological polar surface area (TPSA) is 104 Å². The molecular formula is C13H21N3O4. The maximum absolute atomic E-state index is 11.6. The first-order valence-corrected chi connectivity index (χ1v) is 6.54. The molecule has 0 radical (unpaired) electrons. The van der Waals surface area contributed by atoms with Gasteiger partial charge in [-0.3, -0.25) is 4.79 Å². The second-order valence-electron chi connectivity index (χ2n) is 5.09. The smallest absolute Gasteiger partial charge is 0.315 e. The minimum atomic E-state index is -0.901. The van der Waals surface area contributed by atoms with Crippen molar-refractivity contribution in [3.63, 3.8) is 0 Å². The Kier molecular flexibility index (Phi) is 6.02. The van der Waals surface area contributed by atoms with Crippen molar-refractivity contribution < 1.29 is 19.1 Å². The van der Waals surface area contributed by atoms with E-state index in [-0.39, 0.29) is 19.0 Å². The third-order valence-electron chi connectivity index (χ3n) is 2.68. The van der Waals surface area contributed by atoms with Crippen LogP contribution in [-0.2, 0) is 11.3 Å². The molecule has 0 bridgehead atoms. The second kappa shape index (κ2) is 7.52. The zero-order valence-corrected chi connectivity index (χ0v) is 12.0. The summed E-state index contributed by atoms with van der Waals surface area (Å²) in [5.41, 5.74) is 0. The van der Waals surface area contributed by atoms with Gasteiger partial charge in [0.15, 0.2) is 0 Å². The number of aromatic nitrogens is 1. The van der Waals surface area contributed by atoms with Crippen LogP contribution in [0.25, 0.3) is 0 Å². The standard InChI is InChI=1S/C13H21N3O4/c1-8(2)4-10(12(17)18)6-15-13(19)16-7-11-14-5-9(3)20-11/h5,8,10H,4,6-7H2,1-3H3,(H,17,18)(H2,15,16,19). The lowest BCUT2D eigenvalue weighted by Crippen LogP contribution is -2.40. The van der Waals surface area contributed by atoms with Gasteiger partial charge in [0.25, 0.3) is 0 Å². The Morgan fingerprint density at radius 2 is 2.10 bits per heavy atom. The average molecular weight is 283 g/mol. The Morgan fingerprint density at radius 3 is 2.60 bits per heavy atom. The highest BCUT2D eigenvalue weighted by atomic mass is 16.4. The molecule has 7 heteroatoms. The summed E-state index contributed by atoms with van der Waals surface area (Å²) in [4.78, 5) is 26.5. The highest BCUT2D eigenvalue weighted by molar-refractivity contribution is 5.75. The van der Waals surface area contributed by atoms with Gasteiger partial charge in [-0.25, -0.2) is 9.78 Å². The fourth-order valence-electron chi connectivity index (χ4n) is 1.76. The third kappa shape index (κ3) is 5.73. The van der Waals surface area contributed by atoms with Gasteiger partial charge in [0.1, 0.15) is 5.76 Å². The van der Waals surface area contributed by atoms with Crippen LogP contribution in [0.5, 0.6) is 0 Å². The largest absolute Gasteiger partial charge is 0.481 e. The van der Waals surface area contributed by atoms with Crippen molar-refractivity contribution in [3.8, 4) is 0 Å². The molecule has 0 aliphatic heterocycles. The molecule has 3 N–H and O–H groups in total. The van der Waals surface area contributed by atoms with Crippen molar-refractivity contribution in [1.29, 1.82) is 0 Å². The van der Waals surface area contributed by atoms with E-state index in [0.717, 1.165) is 0 Å². The summed E-state index contributed by atoms with van der Waals surface area (Å²) in [7, 11) is 0. The first-order valence-electron chi connectivity index (χ1n) is 6.54. The summed E-state index contributed by atoms with van der Waals surface area (Å²) in [5, 5.41) is 14.2. The van der Waals surface area contributed by atoms with Crippen LogP contribution in [0.3, 0.4) is 0 Å². The fraction of sp³-hybridized carbons (Fsp3) is 0.615. The van der Waals surface area contributed by atoms with E-state index in [1.165, 1.54) is 0 Å². The van der Waals surface area contributed by atoms with Crippen molar-refractivity contribution >= 4 is 12.0 Å².